The predicted octanol–water partition coefficient (Wildman–Crippen LogP) is 4.52. The number of nitrogens with zero attached hydrogens (tertiary/aromatic N) is 4. The van der Waals surface area contributed by atoms with E-state index >= 15 is 0 Å². The molecule has 0 bridgehead atoms. The van der Waals surface area contributed by atoms with E-state index < -0.39 is 0 Å². The molecular formula is C23H24N4O2S2. The van der Waals surface area contributed by atoms with Crippen molar-refractivity contribution in [2.24, 2.45) is 4.99 Å². The minimum atomic E-state index is 0.0262. The second-order valence-electron chi connectivity index (χ2n) is 7.42. The zero-order valence-corrected chi connectivity index (χ0v) is 19.2. The van der Waals surface area contributed by atoms with Crippen molar-refractivity contribution in [1.82, 2.24) is 4.90 Å². The summed E-state index contributed by atoms with van der Waals surface area (Å²) < 4.78 is 5.43. The van der Waals surface area contributed by atoms with Crippen LogP contribution in [0.2, 0.25) is 0 Å². The van der Waals surface area contributed by atoms with Gasteiger partial charge in [-0.2, -0.15) is 0 Å². The fourth-order valence-electron chi connectivity index (χ4n) is 3.87. The second kappa shape index (κ2) is 8.61. The number of carbonyl (C=O) groups excluding carboxylic acids is 1. The number of amidine groups is 1. The Bertz CT molecular complexity index is 1060. The summed E-state index contributed by atoms with van der Waals surface area (Å²) in [7, 11) is 2.02. The van der Waals surface area contributed by atoms with Crippen molar-refractivity contribution in [3.8, 4) is 0 Å². The SMILES string of the molecule is CCN1C(=O)/C(=C2/Sc3ccccc3N2C)S/C1=N/c1ccc(N2CCOCC2)cc1. The first-order chi connectivity index (χ1) is 15.2. The highest BCUT2D eigenvalue weighted by Crippen LogP contribution is 2.49. The average molecular weight is 453 g/mol. The molecule has 31 heavy (non-hydrogen) atoms. The van der Waals surface area contributed by atoms with Crippen molar-refractivity contribution in [3.05, 3.63) is 58.5 Å². The Hall–Kier alpha value is -2.42. The summed E-state index contributed by atoms with van der Waals surface area (Å²) in [4.78, 5) is 26.1. The Morgan fingerprint density at radius 2 is 1.77 bits per heavy atom. The van der Waals surface area contributed by atoms with Gasteiger partial charge in [-0.05, 0) is 55.1 Å². The smallest absolute Gasteiger partial charge is 0.269 e. The van der Waals surface area contributed by atoms with Crippen LogP contribution in [0.1, 0.15) is 6.92 Å². The molecule has 2 aromatic carbocycles. The van der Waals surface area contributed by atoms with E-state index in [1.165, 1.54) is 22.3 Å². The molecule has 0 saturated carbocycles. The monoisotopic (exact) mass is 452 g/mol. The zero-order chi connectivity index (χ0) is 21.4. The molecule has 2 fully saturated rings. The van der Waals surface area contributed by atoms with Crippen LogP contribution in [0.15, 0.2) is 68.4 Å². The van der Waals surface area contributed by atoms with Gasteiger partial charge in [0.25, 0.3) is 5.91 Å². The summed E-state index contributed by atoms with van der Waals surface area (Å²) in [6.07, 6.45) is 0. The number of hydrogen-bond donors (Lipinski definition) is 0. The molecule has 0 aromatic heterocycles. The topological polar surface area (TPSA) is 48.4 Å². The Morgan fingerprint density at radius 3 is 2.48 bits per heavy atom. The highest BCUT2D eigenvalue weighted by molar-refractivity contribution is 8.19. The number of benzene rings is 2. The van der Waals surface area contributed by atoms with Crippen LogP contribution in [0.4, 0.5) is 17.1 Å². The molecule has 0 unspecified atom stereocenters. The van der Waals surface area contributed by atoms with Crippen molar-refractivity contribution in [3.63, 3.8) is 0 Å². The van der Waals surface area contributed by atoms with E-state index in [0.717, 1.165) is 52.8 Å². The maximum absolute atomic E-state index is 13.2. The highest BCUT2D eigenvalue weighted by atomic mass is 32.2. The molecule has 0 radical (unpaired) electrons. The summed E-state index contributed by atoms with van der Waals surface area (Å²) >= 11 is 3.12. The summed E-state index contributed by atoms with van der Waals surface area (Å²) in [6.45, 7) is 5.93. The molecule has 2 saturated heterocycles. The van der Waals surface area contributed by atoms with Gasteiger partial charge in [-0.15, -0.1) is 0 Å². The third-order valence-electron chi connectivity index (χ3n) is 5.56. The number of aliphatic imine (C=N–C) groups is 1. The summed E-state index contributed by atoms with van der Waals surface area (Å²) in [5.41, 5.74) is 3.17. The quantitative estimate of drug-likeness (QED) is 0.639. The molecule has 5 rings (SSSR count). The van der Waals surface area contributed by atoms with Crippen molar-refractivity contribution in [2.75, 3.05) is 49.7 Å². The van der Waals surface area contributed by atoms with Gasteiger partial charge in [0, 0.05) is 37.3 Å². The van der Waals surface area contributed by atoms with E-state index in [4.69, 9.17) is 9.73 Å². The molecule has 8 heteroatoms. The van der Waals surface area contributed by atoms with Crippen molar-refractivity contribution in [1.29, 1.82) is 0 Å². The number of para-hydroxylation sites is 1. The zero-order valence-electron chi connectivity index (χ0n) is 17.6. The Labute approximate surface area is 190 Å². The largest absolute Gasteiger partial charge is 0.378 e. The maximum atomic E-state index is 13.2. The minimum Gasteiger partial charge on any atom is -0.378 e. The molecule has 160 valence electrons. The van der Waals surface area contributed by atoms with E-state index in [2.05, 4.69) is 34.1 Å². The van der Waals surface area contributed by atoms with Crippen molar-refractivity contribution >= 4 is 51.7 Å². The molecule has 0 atom stereocenters. The third kappa shape index (κ3) is 3.84. The Kier molecular flexibility index (Phi) is 5.69. The van der Waals surface area contributed by atoms with Crippen molar-refractivity contribution in [2.45, 2.75) is 11.8 Å². The molecule has 3 aliphatic heterocycles. The molecule has 0 N–H and O–H groups in total. The van der Waals surface area contributed by atoms with Crippen LogP contribution in [0.5, 0.6) is 0 Å². The number of hydrogen-bond acceptors (Lipinski definition) is 7. The van der Waals surface area contributed by atoms with Crippen LogP contribution in [-0.2, 0) is 9.53 Å². The van der Waals surface area contributed by atoms with Gasteiger partial charge < -0.3 is 14.5 Å². The Balaban J connectivity index is 1.41. The fraction of sp³-hybridized carbons (Fsp3) is 0.304. The van der Waals surface area contributed by atoms with E-state index in [0.29, 0.717) is 6.54 Å². The first kappa shape index (κ1) is 20.5. The van der Waals surface area contributed by atoms with Gasteiger partial charge in [-0.1, -0.05) is 23.9 Å². The molecule has 3 heterocycles. The van der Waals surface area contributed by atoms with Crippen LogP contribution >= 0.6 is 23.5 Å². The van der Waals surface area contributed by atoms with E-state index in [1.807, 2.05) is 38.2 Å². The summed E-state index contributed by atoms with van der Waals surface area (Å²) in [5.74, 6) is 0.0262. The van der Waals surface area contributed by atoms with Crippen molar-refractivity contribution < 1.29 is 9.53 Å². The standard InChI is InChI=1S/C23H24N4O2S2/c1-3-27-21(28)20(22-25(2)18-6-4-5-7-19(18)30-22)31-23(27)24-16-8-10-17(11-9-16)26-12-14-29-15-13-26/h4-11H,3,12-15H2,1-2H3/b22-20-,24-23+. The highest BCUT2D eigenvalue weighted by Gasteiger charge is 2.38. The van der Waals surface area contributed by atoms with Gasteiger partial charge in [0.05, 0.1) is 29.6 Å². The first-order valence-corrected chi connectivity index (χ1v) is 12.0. The molecule has 0 aliphatic carbocycles. The second-order valence-corrected chi connectivity index (χ2v) is 9.43. The maximum Gasteiger partial charge on any atom is 0.269 e. The van der Waals surface area contributed by atoms with Gasteiger partial charge in [-0.25, -0.2) is 4.99 Å². The van der Waals surface area contributed by atoms with Gasteiger partial charge in [0.15, 0.2) is 5.17 Å². The Morgan fingerprint density at radius 1 is 1.03 bits per heavy atom. The number of anilines is 2. The summed E-state index contributed by atoms with van der Waals surface area (Å²) in [5, 5.41) is 1.71. The molecule has 6 nitrogen and oxygen atoms in total. The van der Waals surface area contributed by atoms with Crippen LogP contribution in [0.3, 0.4) is 0 Å². The molecular weight excluding hydrogens is 428 g/mol. The molecule has 2 aromatic rings. The van der Waals surface area contributed by atoms with E-state index in [-0.39, 0.29) is 5.91 Å². The van der Waals surface area contributed by atoms with Crippen LogP contribution in [0.25, 0.3) is 0 Å². The van der Waals surface area contributed by atoms with Gasteiger partial charge in [0.2, 0.25) is 0 Å². The molecule has 1 amide bonds. The van der Waals surface area contributed by atoms with Gasteiger partial charge >= 0.3 is 0 Å². The third-order valence-corrected chi connectivity index (χ3v) is 7.99. The van der Waals surface area contributed by atoms with Crippen LogP contribution in [0, 0.1) is 0 Å². The lowest BCUT2D eigenvalue weighted by Crippen LogP contribution is -2.36. The fourth-order valence-corrected chi connectivity index (χ4v) is 6.28. The predicted molar refractivity (Wildman–Crippen MR) is 129 cm³/mol. The molecule has 0 spiro atoms. The van der Waals surface area contributed by atoms with Crippen LogP contribution < -0.4 is 9.80 Å². The number of amides is 1. The lowest BCUT2D eigenvalue weighted by molar-refractivity contribution is -0.122. The number of ether oxygens (including phenoxy) is 1. The van der Waals surface area contributed by atoms with Gasteiger partial charge in [0.1, 0.15) is 4.91 Å². The molecule has 3 aliphatic rings. The lowest BCUT2D eigenvalue weighted by atomic mass is 10.2. The number of morpholine rings is 1. The average Bonchev–Trinajstić information content (AvgIpc) is 3.31. The number of fused-ring (bicyclic) bond motifs is 1. The first-order valence-electron chi connectivity index (χ1n) is 10.4. The number of thioether (sulfide) groups is 2. The van der Waals surface area contributed by atoms with Gasteiger partial charge in [-0.3, -0.25) is 9.69 Å². The number of rotatable bonds is 3. The number of carbonyl (C=O) groups is 1. The lowest BCUT2D eigenvalue weighted by Gasteiger charge is -2.28. The van der Waals surface area contributed by atoms with E-state index in [9.17, 15) is 4.79 Å². The minimum absolute atomic E-state index is 0.0262. The number of likely N-dealkylation sites (N-methyl/N-ethyl adjacent to an activating group) is 1. The summed E-state index contributed by atoms with van der Waals surface area (Å²) in [6, 6.07) is 16.5. The van der Waals surface area contributed by atoms with E-state index in [1.54, 1.807) is 16.7 Å². The normalized spacial score (nSPS) is 22.6. The van der Waals surface area contributed by atoms with Crippen LogP contribution in [-0.4, -0.2) is 55.9 Å².